The second-order valence-electron chi connectivity index (χ2n) is 7.93. The molecule has 18 heteroatoms. The number of rotatable bonds is 9. The van der Waals surface area contributed by atoms with Crippen molar-refractivity contribution in [2.24, 2.45) is 0 Å². The maximum absolute atomic E-state index is 10.7. The molecular weight excluding hydrogens is 562 g/mol. The van der Waals surface area contributed by atoms with Gasteiger partial charge in [0.15, 0.2) is 0 Å². The molecule has 2 heterocycles. The summed E-state index contributed by atoms with van der Waals surface area (Å²) >= 11 is 0. The van der Waals surface area contributed by atoms with Crippen molar-refractivity contribution in [1.29, 1.82) is 0 Å². The molecule has 2 aromatic heterocycles. The molecule has 0 fully saturated rings. The Morgan fingerprint density at radius 2 is 0.778 bits per heavy atom. The molecule has 0 aliphatic heterocycles. The van der Waals surface area contributed by atoms with E-state index in [0.717, 1.165) is 51.9 Å². The predicted molar refractivity (Wildman–Crippen MR) is 117 cm³/mol. The van der Waals surface area contributed by atoms with Gasteiger partial charge in [0.05, 0.1) is 26.2 Å². The normalized spacial score (nSPS) is 15.9. The average molecular weight is 594 g/mol. The van der Waals surface area contributed by atoms with Crippen LogP contribution in [0.1, 0.15) is 53.4 Å². The molecule has 0 saturated carbocycles. The number of nitrogens with zero attached hydrogens (tertiary/aromatic N) is 4. The Labute approximate surface area is 201 Å². The zero-order chi connectivity index (χ0) is 28.8. The van der Waals surface area contributed by atoms with Crippen molar-refractivity contribution in [3.63, 3.8) is 0 Å². The van der Waals surface area contributed by atoms with E-state index < -0.39 is 15.6 Å². The van der Waals surface area contributed by atoms with Gasteiger partial charge in [-0.1, -0.05) is 27.7 Å². The van der Waals surface area contributed by atoms with Gasteiger partial charge in [-0.15, -0.1) is 0 Å². The van der Waals surface area contributed by atoms with Crippen molar-refractivity contribution < 1.29 is 59.5 Å². The maximum atomic E-state index is 9.87. The molecule has 0 aromatic carbocycles. The van der Waals surface area contributed by atoms with Crippen LogP contribution in [0, 0.1) is 0 Å². The molecule has 0 bridgehead atoms. The molecule has 218 valence electrons. The summed E-state index contributed by atoms with van der Waals surface area (Å²) in [6.45, 7) is 13.3. The number of halogens is 12. The quantitative estimate of drug-likeness (QED) is 0.156. The zero-order valence-electron chi connectivity index (χ0n) is 20.2. The minimum absolute atomic E-state index is 1.08. The van der Waals surface area contributed by atoms with Crippen LogP contribution in [0.15, 0.2) is 24.8 Å². The molecule has 36 heavy (non-hydrogen) atoms. The van der Waals surface area contributed by atoms with Crippen LogP contribution in [0.5, 0.6) is 0 Å². The molecule has 0 spiro atoms. The van der Waals surface area contributed by atoms with Crippen molar-refractivity contribution in [2.75, 3.05) is 0 Å². The molecule has 2 rings (SSSR count). The summed E-state index contributed by atoms with van der Waals surface area (Å²) < 4.78 is 128. The van der Waals surface area contributed by atoms with Gasteiger partial charge in [0.25, 0.3) is 0 Å². The number of hydrogen-bond acceptors (Lipinski definition) is 0. The molecular formula is C18H32F12N4P2. The van der Waals surface area contributed by atoms with Gasteiger partial charge in [-0.2, -0.15) is 0 Å². The number of imidazole rings is 2. The van der Waals surface area contributed by atoms with Gasteiger partial charge in [0, 0.05) is 0 Å². The molecule has 0 radical (unpaired) electrons. The first kappa shape index (κ1) is 34.4. The molecule has 0 amide bonds. The predicted octanol–water partition coefficient (Wildman–Crippen LogP) is 9.94. The van der Waals surface area contributed by atoms with Crippen LogP contribution < -0.4 is 9.13 Å². The second kappa shape index (κ2) is 10.3. The molecule has 0 aliphatic rings. The summed E-state index contributed by atoms with van der Waals surface area (Å²) in [7, 11) is -21.3. The van der Waals surface area contributed by atoms with E-state index in [2.05, 4.69) is 70.8 Å². The standard InChI is InChI=1S/C18H32N4.2F6P/c1-5-9-19-13-14-20(10-6-2)17(19)18-21(11-7-3)15-16-22(18)12-8-4;2*1-7(2,3,4,5)6/h13-16H,5-12H2,1-4H3;;/q+2;2*-1. The Morgan fingerprint density at radius 1 is 0.528 bits per heavy atom. The van der Waals surface area contributed by atoms with Crippen LogP contribution in [0.3, 0.4) is 0 Å². The first-order valence-corrected chi connectivity index (χ1v) is 15.0. The van der Waals surface area contributed by atoms with Gasteiger partial charge in [-0.3, -0.25) is 0 Å². The van der Waals surface area contributed by atoms with Gasteiger partial charge < -0.3 is 0 Å². The van der Waals surface area contributed by atoms with E-state index in [0.29, 0.717) is 0 Å². The molecule has 0 unspecified atom stereocenters. The Morgan fingerprint density at radius 3 is 0.972 bits per heavy atom. The third-order valence-corrected chi connectivity index (χ3v) is 4.00. The Kier molecular flexibility index (Phi) is 9.86. The van der Waals surface area contributed by atoms with Gasteiger partial charge in [-0.05, 0) is 25.7 Å². The van der Waals surface area contributed by atoms with Crippen LogP contribution in [-0.2, 0) is 26.2 Å². The molecule has 0 atom stereocenters. The van der Waals surface area contributed by atoms with Gasteiger partial charge in [0.2, 0.25) is 0 Å². The topological polar surface area (TPSA) is 17.6 Å². The minimum atomic E-state index is -10.7. The fourth-order valence-corrected chi connectivity index (χ4v) is 3.13. The van der Waals surface area contributed by atoms with E-state index in [1.807, 2.05) is 0 Å². The SMILES string of the molecule is CCCn1cc[n+](CCC)c1-c1n(CCC)cc[n+]1CCC.F[P-](F)(F)(F)(F)F.F[P-](F)(F)(F)(F)F. The van der Waals surface area contributed by atoms with E-state index in [-0.39, 0.29) is 0 Å². The van der Waals surface area contributed by atoms with E-state index in [1.54, 1.807) is 0 Å². The van der Waals surface area contributed by atoms with E-state index >= 15 is 0 Å². The van der Waals surface area contributed by atoms with Crippen molar-refractivity contribution in [3.8, 4) is 11.6 Å². The summed E-state index contributed by atoms with van der Waals surface area (Å²) in [6.07, 6.45) is 13.6. The fourth-order valence-electron chi connectivity index (χ4n) is 3.13. The van der Waals surface area contributed by atoms with Crippen LogP contribution in [-0.4, -0.2) is 9.13 Å². The third-order valence-electron chi connectivity index (χ3n) is 4.00. The summed E-state index contributed by atoms with van der Waals surface area (Å²) in [4.78, 5) is 0. The molecule has 0 saturated heterocycles. The summed E-state index contributed by atoms with van der Waals surface area (Å²) in [5, 5.41) is 0. The third kappa shape index (κ3) is 19.6. The summed E-state index contributed by atoms with van der Waals surface area (Å²) in [6, 6.07) is 0. The fraction of sp³-hybridized carbons (Fsp3) is 0.667. The van der Waals surface area contributed by atoms with Crippen molar-refractivity contribution in [2.45, 2.75) is 79.6 Å². The van der Waals surface area contributed by atoms with E-state index in [1.165, 1.54) is 11.6 Å². The Hall–Kier alpha value is -1.56. The van der Waals surface area contributed by atoms with Crippen LogP contribution in [0.25, 0.3) is 11.6 Å². The number of hydrogen-bond donors (Lipinski definition) is 0. The van der Waals surface area contributed by atoms with Gasteiger partial charge in [-0.25, -0.2) is 18.3 Å². The Bertz CT molecular complexity index is 827. The number of aryl methyl sites for hydroxylation is 4. The molecule has 2 aromatic rings. The number of aromatic nitrogens is 4. The molecule has 0 aliphatic carbocycles. The van der Waals surface area contributed by atoms with E-state index in [4.69, 9.17) is 0 Å². The summed E-state index contributed by atoms with van der Waals surface area (Å²) in [5.74, 6) is 2.71. The van der Waals surface area contributed by atoms with Gasteiger partial charge in [0.1, 0.15) is 24.8 Å². The zero-order valence-corrected chi connectivity index (χ0v) is 22.0. The van der Waals surface area contributed by atoms with Crippen LogP contribution in [0.4, 0.5) is 50.4 Å². The molecule has 4 nitrogen and oxygen atoms in total. The first-order valence-electron chi connectivity index (χ1n) is 11.0. The van der Waals surface area contributed by atoms with Crippen LogP contribution in [0.2, 0.25) is 0 Å². The first-order chi connectivity index (χ1) is 15.7. The van der Waals surface area contributed by atoms with Crippen LogP contribution >= 0.6 is 15.6 Å². The second-order valence-corrected chi connectivity index (χ2v) is 11.8. The van der Waals surface area contributed by atoms with Crippen molar-refractivity contribution >= 4 is 15.6 Å². The average Bonchev–Trinajstić information content (AvgIpc) is 3.15. The van der Waals surface area contributed by atoms with E-state index in [9.17, 15) is 50.4 Å². The summed E-state index contributed by atoms with van der Waals surface area (Å²) in [5.41, 5.74) is 0. The van der Waals surface area contributed by atoms with Gasteiger partial charge >= 0.3 is 77.6 Å². The van der Waals surface area contributed by atoms with Crippen molar-refractivity contribution in [3.05, 3.63) is 24.8 Å². The van der Waals surface area contributed by atoms with Crippen molar-refractivity contribution in [1.82, 2.24) is 9.13 Å². The molecule has 0 N–H and O–H groups in total. The Balaban J connectivity index is 0.000000720. The monoisotopic (exact) mass is 594 g/mol.